The molecule has 7 heteroatoms. The molecule has 0 spiro atoms. The van der Waals surface area contributed by atoms with E-state index < -0.39 is 9.84 Å². The van der Waals surface area contributed by atoms with E-state index in [-0.39, 0.29) is 12.1 Å². The van der Waals surface area contributed by atoms with Gasteiger partial charge in [-0.05, 0) is 30.7 Å². The molecule has 0 amide bonds. The molecule has 3 heterocycles. The van der Waals surface area contributed by atoms with Crippen LogP contribution in [0.3, 0.4) is 0 Å². The maximum absolute atomic E-state index is 12.3. The van der Waals surface area contributed by atoms with Gasteiger partial charge in [-0.15, -0.1) is 0 Å². The van der Waals surface area contributed by atoms with E-state index in [4.69, 9.17) is 4.74 Å². The molecule has 0 N–H and O–H groups in total. The first-order valence-corrected chi connectivity index (χ1v) is 12.0. The molecule has 0 aliphatic carbocycles. The Morgan fingerprint density at radius 1 is 1.04 bits per heavy atom. The largest absolute Gasteiger partial charge is 0.378 e. The molecule has 1 aromatic rings. The van der Waals surface area contributed by atoms with Crippen molar-refractivity contribution < 1.29 is 13.2 Å². The minimum Gasteiger partial charge on any atom is -0.378 e. The first-order chi connectivity index (χ1) is 13.1. The van der Waals surface area contributed by atoms with E-state index in [0.29, 0.717) is 11.5 Å². The maximum atomic E-state index is 12.3. The number of anilines is 1. The van der Waals surface area contributed by atoms with E-state index in [0.717, 1.165) is 58.9 Å². The number of morpholine rings is 1. The molecule has 27 heavy (non-hydrogen) atoms. The summed E-state index contributed by atoms with van der Waals surface area (Å²) in [5, 5.41) is 0. The average Bonchev–Trinajstić information content (AvgIpc) is 3.01. The highest BCUT2D eigenvalue weighted by molar-refractivity contribution is 7.91. The summed E-state index contributed by atoms with van der Waals surface area (Å²) in [5.41, 5.74) is 2.52. The number of hydrogen-bond donors (Lipinski definition) is 0. The fourth-order valence-corrected chi connectivity index (χ4v) is 6.81. The van der Waals surface area contributed by atoms with Gasteiger partial charge >= 0.3 is 0 Å². The number of benzene rings is 1. The van der Waals surface area contributed by atoms with Crippen molar-refractivity contribution in [2.75, 3.05) is 62.3 Å². The summed E-state index contributed by atoms with van der Waals surface area (Å²) in [6.07, 6.45) is 1.07. The molecule has 3 saturated heterocycles. The molecule has 0 saturated carbocycles. The molecule has 0 radical (unpaired) electrons. The second-order valence-corrected chi connectivity index (χ2v) is 10.1. The molecule has 2 atom stereocenters. The van der Waals surface area contributed by atoms with Crippen LogP contribution in [0.15, 0.2) is 24.3 Å². The van der Waals surface area contributed by atoms with E-state index in [1.807, 2.05) is 0 Å². The van der Waals surface area contributed by atoms with Crippen molar-refractivity contribution in [2.24, 2.45) is 0 Å². The summed E-state index contributed by atoms with van der Waals surface area (Å²) in [7, 11) is -2.94. The van der Waals surface area contributed by atoms with Gasteiger partial charge in [0.25, 0.3) is 0 Å². The Hall–Kier alpha value is -1.15. The van der Waals surface area contributed by atoms with Crippen LogP contribution in [0, 0.1) is 0 Å². The number of sulfone groups is 1. The Labute approximate surface area is 163 Å². The van der Waals surface area contributed by atoms with Crippen molar-refractivity contribution in [2.45, 2.75) is 32.0 Å². The van der Waals surface area contributed by atoms with E-state index in [1.54, 1.807) is 0 Å². The summed E-state index contributed by atoms with van der Waals surface area (Å²) in [4.78, 5) is 7.17. The molecule has 1 aromatic carbocycles. The van der Waals surface area contributed by atoms with Crippen LogP contribution in [0.5, 0.6) is 0 Å². The maximum Gasteiger partial charge on any atom is 0.153 e. The SMILES string of the molecule is CCCN1CCN(Cc2cccc(N3CCOCC3)c2)[C@@H]2CS(=O)(=O)C[C@@H]21. The standard InChI is InChI=1S/C20H31N3O3S/c1-2-6-22-7-8-23(20-16-27(24,25)15-19(20)22)14-17-4-3-5-18(13-17)21-9-11-26-12-10-21/h3-5,13,19-20H,2,6-12,14-16H2,1H3/t19-,20+/m0/s1. The molecular formula is C20H31N3O3S. The van der Waals surface area contributed by atoms with Gasteiger partial charge in [0.05, 0.1) is 24.7 Å². The Balaban J connectivity index is 1.49. The third kappa shape index (κ3) is 4.31. The van der Waals surface area contributed by atoms with Gasteiger partial charge in [-0.3, -0.25) is 9.80 Å². The predicted molar refractivity (Wildman–Crippen MR) is 108 cm³/mol. The lowest BCUT2D eigenvalue weighted by Gasteiger charge is -2.44. The second kappa shape index (κ2) is 8.07. The number of rotatable bonds is 5. The summed E-state index contributed by atoms with van der Waals surface area (Å²) >= 11 is 0. The van der Waals surface area contributed by atoms with Crippen molar-refractivity contribution in [1.29, 1.82) is 0 Å². The normalized spacial score (nSPS) is 29.0. The summed E-state index contributed by atoms with van der Waals surface area (Å²) in [5.74, 6) is 0.628. The monoisotopic (exact) mass is 393 g/mol. The van der Waals surface area contributed by atoms with Crippen LogP contribution in [0.4, 0.5) is 5.69 Å². The van der Waals surface area contributed by atoms with Crippen LogP contribution in [-0.4, -0.2) is 87.7 Å². The number of piperazine rings is 1. The lowest BCUT2D eigenvalue weighted by atomic mass is 10.0. The molecule has 3 aliphatic rings. The molecule has 0 bridgehead atoms. The molecular weight excluding hydrogens is 362 g/mol. The predicted octanol–water partition coefficient (Wildman–Crippen LogP) is 1.22. The van der Waals surface area contributed by atoms with Crippen LogP contribution < -0.4 is 4.90 Å². The minimum atomic E-state index is -2.94. The molecule has 3 aliphatic heterocycles. The zero-order chi connectivity index (χ0) is 18.9. The van der Waals surface area contributed by atoms with E-state index in [2.05, 4.69) is 45.9 Å². The summed E-state index contributed by atoms with van der Waals surface area (Å²) < 4.78 is 30.1. The summed E-state index contributed by atoms with van der Waals surface area (Å²) in [6, 6.07) is 9.00. The third-order valence-corrected chi connectivity index (χ3v) is 7.79. The molecule has 6 nitrogen and oxygen atoms in total. The highest BCUT2D eigenvalue weighted by atomic mass is 32.2. The van der Waals surface area contributed by atoms with Gasteiger partial charge in [0.15, 0.2) is 9.84 Å². The van der Waals surface area contributed by atoms with Crippen LogP contribution >= 0.6 is 0 Å². The van der Waals surface area contributed by atoms with Gasteiger partial charge < -0.3 is 9.64 Å². The number of nitrogens with zero attached hydrogens (tertiary/aromatic N) is 3. The average molecular weight is 394 g/mol. The fraction of sp³-hybridized carbons (Fsp3) is 0.700. The van der Waals surface area contributed by atoms with E-state index >= 15 is 0 Å². The summed E-state index contributed by atoms with van der Waals surface area (Å²) in [6.45, 7) is 9.33. The van der Waals surface area contributed by atoms with Crippen LogP contribution in [0.25, 0.3) is 0 Å². The highest BCUT2D eigenvalue weighted by Gasteiger charge is 2.46. The number of hydrogen-bond acceptors (Lipinski definition) is 6. The Bertz CT molecular complexity index is 749. The molecule has 0 aromatic heterocycles. The fourth-order valence-electron chi connectivity index (χ4n) is 4.77. The van der Waals surface area contributed by atoms with E-state index in [9.17, 15) is 8.42 Å². The van der Waals surface area contributed by atoms with Crippen LogP contribution in [-0.2, 0) is 21.1 Å². The van der Waals surface area contributed by atoms with Gasteiger partial charge in [0, 0.05) is 50.5 Å². The van der Waals surface area contributed by atoms with Gasteiger partial charge in [-0.1, -0.05) is 19.1 Å². The first-order valence-electron chi connectivity index (χ1n) is 10.2. The van der Waals surface area contributed by atoms with Crippen molar-refractivity contribution in [3.63, 3.8) is 0 Å². The number of fused-ring (bicyclic) bond motifs is 1. The molecule has 3 fully saturated rings. The minimum absolute atomic E-state index is 0.127. The van der Waals surface area contributed by atoms with Crippen molar-refractivity contribution in [1.82, 2.24) is 9.80 Å². The zero-order valence-electron chi connectivity index (χ0n) is 16.2. The highest BCUT2D eigenvalue weighted by Crippen LogP contribution is 2.29. The third-order valence-electron chi connectivity index (χ3n) is 6.09. The first kappa shape index (κ1) is 19.2. The lowest BCUT2D eigenvalue weighted by Crippen LogP contribution is -2.58. The van der Waals surface area contributed by atoms with Gasteiger partial charge in [0.2, 0.25) is 0 Å². The quantitative estimate of drug-likeness (QED) is 0.750. The Morgan fingerprint density at radius 2 is 1.74 bits per heavy atom. The van der Waals surface area contributed by atoms with Crippen molar-refractivity contribution >= 4 is 15.5 Å². The smallest absolute Gasteiger partial charge is 0.153 e. The van der Waals surface area contributed by atoms with E-state index in [1.165, 1.54) is 11.3 Å². The lowest BCUT2D eigenvalue weighted by molar-refractivity contribution is 0.0405. The Morgan fingerprint density at radius 3 is 2.48 bits per heavy atom. The van der Waals surface area contributed by atoms with Gasteiger partial charge in [-0.25, -0.2) is 8.42 Å². The van der Waals surface area contributed by atoms with Crippen molar-refractivity contribution in [3.8, 4) is 0 Å². The van der Waals surface area contributed by atoms with Gasteiger partial charge in [-0.2, -0.15) is 0 Å². The van der Waals surface area contributed by atoms with Gasteiger partial charge in [0.1, 0.15) is 0 Å². The zero-order valence-corrected chi connectivity index (χ0v) is 17.0. The molecule has 150 valence electrons. The molecule has 4 rings (SSSR count). The van der Waals surface area contributed by atoms with Crippen molar-refractivity contribution in [3.05, 3.63) is 29.8 Å². The van der Waals surface area contributed by atoms with Crippen LogP contribution in [0.2, 0.25) is 0 Å². The van der Waals surface area contributed by atoms with Crippen LogP contribution in [0.1, 0.15) is 18.9 Å². The number of ether oxygens (including phenoxy) is 1. The topological polar surface area (TPSA) is 53.1 Å². The molecule has 0 unspecified atom stereocenters. The Kier molecular flexibility index (Phi) is 5.73. The second-order valence-electron chi connectivity index (χ2n) is 7.99.